The molecule has 0 aromatic heterocycles. The lowest BCUT2D eigenvalue weighted by Gasteiger charge is -2.27. The SMILES string of the molecule is O=C(CCc1ccc(OC2CCCCO2)c(OC2CCCCO2)c1)Oc1ccc(-c2ccc(OC3CCCCO3)cc2)cc1F. The molecule has 6 rings (SSSR count). The maximum Gasteiger partial charge on any atom is 0.311 e. The van der Waals surface area contributed by atoms with Gasteiger partial charge in [0.2, 0.25) is 0 Å². The van der Waals surface area contributed by atoms with Gasteiger partial charge in [-0.05, 0) is 98.0 Å². The summed E-state index contributed by atoms with van der Waals surface area (Å²) in [7, 11) is 0. The molecule has 3 aliphatic heterocycles. The number of carbonyl (C=O) groups excluding carboxylic acids is 1. The van der Waals surface area contributed by atoms with E-state index < -0.39 is 11.8 Å². The molecule has 0 aliphatic carbocycles. The zero-order chi connectivity index (χ0) is 30.8. The largest absolute Gasteiger partial charge is 0.465 e. The minimum absolute atomic E-state index is 0.0681. The third-order valence-corrected chi connectivity index (χ3v) is 8.17. The fourth-order valence-electron chi connectivity index (χ4n) is 5.65. The first-order chi connectivity index (χ1) is 22.1. The quantitative estimate of drug-likeness (QED) is 0.159. The molecule has 3 fully saturated rings. The molecule has 8 nitrogen and oxygen atoms in total. The number of aryl methyl sites for hydroxylation is 1. The van der Waals surface area contributed by atoms with E-state index in [1.165, 1.54) is 12.1 Å². The van der Waals surface area contributed by atoms with Crippen LogP contribution in [0.3, 0.4) is 0 Å². The summed E-state index contributed by atoms with van der Waals surface area (Å²) in [5, 5.41) is 0. The Morgan fingerprint density at radius 1 is 0.644 bits per heavy atom. The van der Waals surface area contributed by atoms with Gasteiger partial charge in [0.25, 0.3) is 0 Å². The fraction of sp³-hybridized carbons (Fsp3) is 0.472. The van der Waals surface area contributed by atoms with Crippen LogP contribution in [0.15, 0.2) is 60.7 Å². The normalized spacial score (nSPS) is 21.9. The molecule has 240 valence electrons. The predicted octanol–water partition coefficient (Wildman–Crippen LogP) is 7.75. The third-order valence-electron chi connectivity index (χ3n) is 8.17. The summed E-state index contributed by atoms with van der Waals surface area (Å²) in [4.78, 5) is 12.7. The Hall–Kier alpha value is -3.66. The fourth-order valence-corrected chi connectivity index (χ4v) is 5.65. The monoisotopic (exact) mass is 620 g/mol. The van der Waals surface area contributed by atoms with Crippen molar-refractivity contribution in [1.29, 1.82) is 0 Å². The highest BCUT2D eigenvalue weighted by atomic mass is 19.1. The van der Waals surface area contributed by atoms with Crippen LogP contribution in [0.2, 0.25) is 0 Å². The molecule has 9 heteroatoms. The van der Waals surface area contributed by atoms with E-state index in [9.17, 15) is 9.18 Å². The van der Waals surface area contributed by atoms with Crippen molar-refractivity contribution in [3.05, 3.63) is 72.0 Å². The van der Waals surface area contributed by atoms with Gasteiger partial charge in [-0.15, -0.1) is 0 Å². The van der Waals surface area contributed by atoms with Crippen LogP contribution in [0.4, 0.5) is 4.39 Å². The predicted molar refractivity (Wildman–Crippen MR) is 165 cm³/mol. The molecule has 0 radical (unpaired) electrons. The average Bonchev–Trinajstić information content (AvgIpc) is 3.07. The van der Waals surface area contributed by atoms with Gasteiger partial charge >= 0.3 is 5.97 Å². The summed E-state index contributed by atoms with van der Waals surface area (Å²) in [5.74, 6) is 0.620. The number of carbonyl (C=O) groups is 1. The van der Waals surface area contributed by atoms with Crippen molar-refractivity contribution < 1.29 is 42.3 Å². The molecule has 3 atom stereocenters. The van der Waals surface area contributed by atoms with Gasteiger partial charge in [0, 0.05) is 25.7 Å². The Bertz CT molecular complexity index is 1390. The summed E-state index contributed by atoms with van der Waals surface area (Å²) in [6.45, 7) is 2.05. The summed E-state index contributed by atoms with van der Waals surface area (Å²) in [6.07, 6.45) is 8.35. The Kier molecular flexibility index (Phi) is 10.8. The number of hydrogen-bond acceptors (Lipinski definition) is 8. The molecule has 3 heterocycles. The second-order valence-corrected chi connectivity index (χ2v) is 11.7. The van der Waals surface area contributed by atoms with Crippen LogP contribution in [-0.2, 0) is 25.4 Å². The van der Waals surface area contributed by atoms with Crippen LogP contribution in [-0.4, -0.2) is 44.7 Å². The molecule has 0 bridgehead atoms. The molecule has 3 unspecified atom stereocenters. The molecule has 3 aliphatic rings. The lowest BCUT2D eigenvalue weighted by atomic mass is 10.1. The Balaban J connectivity index is 1.04. The molecule has 0 spiro atoms. The zero-order valence-electron chi connectivity index (χ0n) is 25.5. The van der Waals surface area contributed by atoms with Crippen molar-refractivity contribution in [3.8, 4) is 34.1 Å². The average molecular weight is 621 g/mol. The minimum Gasteiger partial charge on any atom is -0.465 e. The molecule has 0 N–H and O–H groups in total. The van der Waals surface area contributed by atoms with Gasteiger partial charge in [-0.1, -0.05) is 24.3 Å². The van der Waals surface area contributed by atoms with E-state index in [2.05, 4.69) is 0 Å². The van der Waals surface area contributed by atoms with E-state index >= 15 is 0 Å². The number of rotatable bonds is 11. The van der Waals surface area contributed by atoms with Crippen LogP contribution in [0.1, 0.15) is 69.8 Å². The number of hydrogen-bond donors (Lipinski definition) is 0. The Morgan fingerprint density at radius 3 is 1.82 bits per heavy atom. The molecule has 3 aromatic rings. The molecule has 0 saturated carbocycles. The van der Waals surface area contributed by atoms with E-state index in [1.54, 1.807) is 6.07 Å². The van der Waals surface area contributed by atoms with Crippen molar-refractivity contribution in [3.63, 3.8) is 0 Å². The lowest BCUT2D eigenvalue weighted by molar-refractivity contribution is -0.134. The van der Waals surface area contributed by atoms with Crippen LogP contribution in [0.5, 0.6) is 23.0 Å². The second-order valence-electron chi connectivity index (χ2n) is 11.7. The first-order valence-electron chi connectivity index (χ1n) is 16.2. The van der Waals surface area contributed by atoms with Gasteiger partial charge in [0.1, 0.15) is 5.75 Å². The van der Waals surface area contributed by atoms with Gasteiger partial charge in [-0.2, -0.15) is 0 Å². The zero-order valence-corrected chi connectivity index (χ0v) is 25.5. The highest BCUT2D eigenvalue weighted by molar-refractivity contribution is 5.73. The summed E-state index contributed by atoms with van der Waals surface area (Å²) < 4.78 is 55.8. The van der Waals surface area contributed by atoms with Crippen LogP contribution < -0.4 is 18.9 Å². The van der Waals surface area contributed by atoms with Crippen molar-refractivity contribution in [2.75, 3.05) is 19.8 Å². The van der Waals surface area contributed by atoms with Crippen molar-refractivity contribution in [2.24, 2.45) is 0 Å². The van der Waals surface area contributed by atoms with Crippen LogP contribution in [0, 0.1) is 5.82 Å². The first kappa shape index (κ1) is 31.3. The van der Waals surface area contributed by atoms with E-state index in [1.807, 2.05) is 42.5 Å². The van der Waals surface area contributed by atoms with Crippen LogP contribution in [0.25, 0.3) is 11.1 Å². The Morgan fingerprint density at radius 2 is 1.22 bits per heavy atom. The van der Waals surface area contributed by atoms with E-state index in [-0.39, 0.29) is 31.0 Å². The van der Waals surface area contributed by atoms with Gasteiger partial charge in [0.15, 0.2) is 41.9 Å². The summed E-state index contributed by atoms with van der Waals surface area (Å²) >= 11 is 0. The lowest BCUT2D eigenvalue weighted by Crippen LogP contribution is -2.27. The number of benzene rings is 3. The van der Waals surface area contributed by atoms with Gasteiger partial charge in [-0.25, -0.2) is 4.39 Å². The first-order valence-corrected chi connectivity index (χ1v) is 16.2. The molecule has 3 saturated heterocycles. The molecular formula is C36H41FO8. The van der Waals surface area contributed by atoms with Gasteiger partial charge < -0.3 is 33.2 Å². The van der Waals surface area contributed by atoms with E-state index in [0.29, 0.717) is 49.1 Å². The highest BCUT2D eigenvalue weighted by Gasteiger charge is 2.22. The number of ether oxygens (including phenoxy) is 7. The van der Waals surface area contributed by atoms with E-state index in [4.69, 9.17) is 33.2 Å². The number of halogens is 1. The highest BCUT2D eigenvalue weighted by Crippen LogP contribution is 2.34. The molecule has 3 aromatic carbocycles. The molecule has 0 amide bonds. The molecular weight excluding hydrogens is 579 g/mol. The maximum atomic E-state index is 15.0. The topological polar surface area (TPSA) is 81.7 Å². The standard InChI is InChI=1S/C36H41FO8/c37-29-24-27(26-12-15-28(16-13-26)42-34-7-1-4-20-39-34)14-18-30(29)43-33(38)19-11-25-10-17-31(44-35-8-2-5-21-40-35)32(23-25)45-36-9-3-6-22-41-36/h10,12-18,23-24,34-36H,1-9,11,19-22H2. The number of esters is 1. The van der Waals surface area contributed by atoms with Gasteiger partial charge in [-0.3, -0.25) is 4.79 Å². The maximum absolute atomic E-state index is 15.0. The van der Waals surface area contributed by atoms with Gasteiger partial charge in [0.05, 0.1) is 19.8 Å². The Labute approximate surface area is 263 Å². The second kappa shape index (κ2) is 15.6. The van der Waals surface area contributed by atoms with Crippen LogP contribution >= 0.6 is 0 Å². The van der Waals surface area contributed by atoms with Crippen molar-refractivity contribution >= 4 is 5.97 Å². The van der Waals surface area contributed by atoms with Crippen molar-refractivity contribution in [2.45, 2.75) is 89.5 Å². The van der Waals surface area contributed by atoms with Crippen molar-refractivity contribution in [1.82, 2.24) is 0 Å². The van der Waals surface area contributed by atoms with E-state index in [0.717, 1.165) is 68.9 Å². The summed E-state index contributed by atoms with van der Waals surface area (Å²) in [5.41, 5.74) is 2.36. The molecule has 45 heavy (non-hydrogen) atoms. The third kappa shape index (κ3) is 8.96. The smallest absolute Gasteiger partial charge is 0.311 e. The minimum atomic E-state index is -0.605. The summed E-state index contributed by atoms with van der Waals surface area (Å²) in [6, 6.07) is 17.6.